The highest BCUT2D eigenvalue weighted by molar-refractivity contribution is 5.66. The van der Waals surface area contributed by atoms with Crippen LogP contribution in [0.1, 0.15) is 24.1 Å². The maximum absolute atomic E-state index is 10.4. The van der Waals surface area contributed by atoms with Gasteiger partial charge in [-0.3, -0.25) is 4.79 Å². The lowest BCUT2D eigenvalue weighted by Crippen LogP contribution is -1.96. The van der Waals surface area contributed by atoms with Gasteiger partial charge in [0.1, 0.15) is 12.0 Å². The normalized spacial score (nSPS) is 10.6. The Morgan fingerprint density at radius 3 is 2.89 bits per heavy atom. The quantitative estimate of drug-likeness (QED) is 0.864. The first-order chi connectivity index (χ1) is 9.06. The van der Waals surface area contributed by atoms with Crippen LogP contribution in [0.15, 0.2) is 28.9 Å². The summed E-state index contributed by atoms with van der Waals surface area (Å²) in [4.78, 5) is 14.7. The summed E-state index contributed by atoms with van der Waals surface area (Å²) >= 11 is 0. The first-order valence-corrected chi connectivity index (χ1v) is 6.02. The molecule has 0 amide bonds. The number of carbonyl (C=O) groups is 1. The molecule has 0 radical (unpaired) electrons. The summed E-state index contributed by atoms with van der Waals surface area (Å²) < 4.78 is 5.31. The number of rotatable bonds is 5. The molecule has 2 aromatic rings. The zero-order chi connectivity index (χ0) is 13.8. The van der Waals surface area contributed by atoms with Gasteiger partial charge in [0.2, 0.25) is 5.89 Å². The number of aryl methyl sites for hydroxylation is 2. The van der Waals surface area contributed by atoms with Crippen LogP contribution in [-0.4, -0.2) is 21.2 Å². The lowest BCUT2D eigenvalue weighted by molar-refractivity contribution is -0.137. The van der Waals surface area contributed by atoms with Gasteiger partial charge in [0.05, 0.1) is 11.3 Å². The molecule has 5 nitrogen and oxygen atoms in total. The zero-order valence-electron chi connectivity index (χ0n) is 10.6. The third-order valence-electron chi connectivity index (χ3n) is 2.76. The van der Waals surface area contributed by atoms with E-state index in [0.29, 0.717) is 30.0 Å². The van der Waals surface area contributed by atoms with Crippen LogP contribution >= 0.6 is 0 Å². The molecular weight excluding hydrogens is 246 g/mol. The number of hydrogen-bond acceptors (Lipinski definition) is 4. The van der Waals surface area contributed by atoms with Crippen LogP contribution in [0, 0.1) is 6.92 Å². The molecule has 0 aliphatic heterocycles. The van der Waals surface area contributed by atoms with Crippen molar-refractivity contribution in [2.75, 3.05) is 0 Å². The largest absolute Gasteiger partial charge is 0.507 e. The molecule has 1 aromatic carbocycles. The van der Waals surface area contributed by atoms with Crippen LogP contribution in [0.4, 0.5) is 0 Å². The molecule has 5 heteroatoms. The SMILES string of the molecule is Cc1ccc(-c2nc(CCCC(=O)O)co2)c(O)c1. The summed E-state index contributed by atoms with van der Waals surface area (Å²) in [6.45, 7) is 1.89. The Bertz CT molecular complexity index is 589. The fraction of sp³-hybridized carbons (Fsp3) is 0.286. The van der Waals surface area contributed by atoms with E-state index in [-0.39, 0.29) is 12.2 Å². The van der Waals surface area contributed by atoms with Crippen LogP contribution in [-0.2, 0) is 11.2 Å². The number of aromatic nitrogens is 1. The standard InChI is InChI=1S/C14H15NO4/c1-9-5-6-11(12(16)7-9)14-15-10(8-19-14)3-2-4-13(17)18/h5-8,16H,2-4H2,1H3,(H,17,18). The Balaban J connectivity index is 2.10. The van der Waals surface area contributed by atoms with E-state index >= 15 is 0 Å². The van der Waals surface area contributed by atoms with Crippen molar-refractivity contribution in [3.8, 4) is 17.2 Å². The van der Waals surface area contributed by atoms with E-state index in [1.807, 2.05) is 13.0 Å². The number of phenolic OH excluding ortho intramolecular Hbond substituents is 1. The monoisotopic (exact) mass is 261 g/mol. The van der Waals surface area contributed by atoms with Gasteiger partial charge in [-0.25, -0.2) is 4.98 Å². The van der Waals surface area contributed by atoms with Crippen molar-refractivity contribution in [3.05, 3.63) is 35.7 Å². The third-order valence-corrected chi connectivity index (χ3v) is 2.76. The first kappa shape index (κ1) is 13.1. The molecule has 1 heterocycles. The van der Waals surface area contributed by atoms with Crippen LogP contribution in [0.2, 0.25) is 0 Å². The van der Waals surface area contributed by atoms with Crippen molar-refractivity contribution < 1.29 is 19.4 Å². The Hall–Kier alpha value is -2.30. The smallest absolute Gasteiger partial charge is 0.303 e. The fourth-order valence-corrected chi connectivity index (χ4v) is 1.79. The number of carboxylic acid groups (broad SMARTS) is 1. The molecule has 100 valence electrons. The maximum Gasteiger partial charge on any atom is 0.303 e. The van der Waals surface area contributed by atoms with E-state index < -0.39 is 5.97 Å². The van der Waals surface area contributed by atoms with E-state index in [2.05, 4.69) is 4.98 Å². The van der Waals surface area contributed by atoms with Gasteiger partial charge in [-0.05, 0) is 37.5 Å². The minimum absolute atomic E-state index is 0.109. The molecule has 0 saturated heterocycles. The van der Waals surface area contributed by atoms with Crippen molar-refractivity contribution in [1.29, 1.82) is 0 Å². The number of nitrogens with zero attached hydrogens (tertiary/aromatic N) is 1. The number of oxazole rings is 1. The maximum atomic E-state index is 10.4. The Kier molecular flexibility index (Phi) is 3.85. The molecule has 1 aromatic heterocycles. The number of benzene rings is 1. The van der Waals surface area contributed by atoms with E-state index in [4.69, 9.17) is 9.52 Å². The molecular formula is C14H15NO4. The van der Waals surface area contributed by atoms with Gasteiger partial charge < -0.3 is 14.6 Å². The summed E-state index contributed by atoms with van der Waals surface area (Å²) in [5.41, 5.74) is 2.18. The summed E-state index contributed by atoms with van der Waals surface area (Å²) in [5, 5.41) is 18.4. The summed E-state index contributed by atoms with van der Waals surface area (Å²) in [6, 6.07) is 5.25. The summed E-state index contributed by atoms with van der Waals surface area (Å²) in [6.07, 6.45) is 2.66. The zero-order valence-corrected chi connectivity index (χ0v) is 10.6. The number of phenols is 1. The van der Waals surface area contributed by atoms with Gasteiger partial charge in [0.25, 0.3) is 0 Å². The average Bonchev–Trinajstić information content (AvgIpc) is 2.77. The molecule has 0 aliphatic carbocycles. The van der Waals surface area contributed by atoms with E-state index in [1.165, 1.54) is 6.26 Å². The third kappa shape index (κ3) is 3.34. The van der Waals surface area contributed by atoms with Gasteiger partial charge in [0, 0.05) is 6.42 Å². The highest BCUT2D eigenvalue weighted by Gasteiger charge is 2.11. The Morgan fingerprint density at radius 1 is 1.42 bits per heavy atom. The molecule has 2 rings (SSSR count). The van der Waals surface area contributed by atoms with Gasteiger partial charge in [-0.2, -0.15) is 0 Å². The second-order valence-electron chi connectivity index (χ2n) is 4.41. The fourth-order valence-electron chi connectivity index (χ4n) is 1.79. The number of aliphatic carboxylic acids is 1. The molecule has 0 aliphatic rings. The van der Waals surface area contributed by atoms with E-state index in [0.717, 1.165) is 5.56 Å². The van der Waals surface area contributed by atoms with Gasteiger partial charge in [-0.15, -0.1) is 0 Å². The minimum Gasteiger partial charge on any atom is -0.507 e. The predicted molar refractivity (Wildman–Crippen MR) is 68.9 cm³/mol. The van der Waals surface area contributed by atoms with Crippen LogP contribution in [0.5, 0.6) is 5.75 Å². The lowest BCUT2D eigenvalue weighted by atomic mass is 10.1. The molecule has 0 bridgehead atoms. The average molecular weight is 261 g/mol. The first-order valence-electron chi connectivity index (χ1n) is 6.02. The van der Waals surface area contributed by atoms with Crippen molar-refractivity contribution in [3.63, 3.8) is 0 Å². The minimum atomic E-state index is -0.820. The number of hydrogen-bond donors (Lipinski definition) is 2. The van der Waals surface area contributed by atoms with Gasteiger partial charge in [0.15, 0.2) is 0 Å². The second kappa shape index (κ2) is 5.56. The lowest BCUT2D eigenvalue weighted by Gasteiger charge is -2.00. The van der Waals surface area contributed by atoms with Gasteiger partial charge >= 0.3 is 5.97 Å². The molecule has 0 saturated carbocycles. The van der Waals surface area contributed by atoms with E-state index in [1.54, 1.807) is 12.1 Å². The highest BCUT2D eigenvalue weighted by atomic mass is 16.4. The summed E-state index contributed by atoms with van der Waals surface area (Å²) in [5.74, 6) is -0.346. The predicted octanol–water partition coefficient (Wildman–Crippen LogP) is 2.76. The van der Waals surface area contributed by atoms with Crippen LogP contribution in [0.3, 0.4) is 0 Å². The Morgan fingerprint density at radius 2 is 2.21 bits per heavy atom. The van der Waals surface area contributed by atoms with Crippen molar-refractivity contribution in [2.24, 2.45) is 0 Å². The molecule has 0 fully saturated rings. The Labute approximate surface area is 110 Å². The summed E-state index contributed by atoms with van der Waals surface area (Å²) in [7, 11) is 0. The molecule has 2 N–H and O–H groups in total. The van der Waals surface area contributed by atoms with Crippen LogP contribution in [0.25, 0.3) is 11.5 Å². The van der Waals surface area contributed by atoms with Gasteiger partial charge in [-0.1, -0.05) is 6.07 Å². The molecule has 0 unspecified atom stereocenters. The van der Waals surface area contributed by atoms with Crippen LogP contribution < -0.4 is 0 Å². The highest BCUT2D eigenvalue weighted by Crippen LogP contribution is 2.29. The number of carboxylic acids is 1. The molecule has 0 atom stereocenters. The molecule has 19 heavy (non-hydrogen) atoms. The second-order valence-corrected chi connectivity index (χ2v) is 4.41. The van der Waals surface area contributed by atoms with Crippen molar-refractivity contribution >= 4 is 5.97 Å². The topological polar surface area (TPSA) is 83.6 Å². The van der Waals surface area contributed by atoms with Crippen molar-refractivity contribution in [2.45, 2.75) is 26.2 Å². The molecule has 0 spiro atoms. The van der Waals surface area contributed by atoms with E-state index in [9.17, 15) is 9.90 Å². The number of aromatic hydroxyl groups is 1. The van der Waals surface area contributed by atoms with Crippen molar-refractivity contribution in [1.82, 2.24) is 4.98 Å².